The fourth-order valence-corrected chi connectivity index (χ4v) is 6.79. The second-order valence-electron chi connectivity index (χ2n) is 9.04. The van der Waals surface area contributed by atoms with Crippen molar-refractivity contribution in [3.63, 3.8) is 0 Å². The summed E-state index contributed by atoms with van der Waals surface area (Å²) < 4.78 is 5.80. The van der Waals surface area contributed by atoms with Crippen molar-refractivity contribution in [2.24, 2.45) is 29.6 Å². The smallest absolute Gasteiger partial charge is 0.154 e. The minimum Gasteiger partial charge on any atom is -0.368 e. The van der Waals surface area contributed by atoms with E-state index in [0.717, 1.165) is 42.4 Å². The van der Waals surface area contributed by atoms with Gasteiger partial charge in [-0.25, -0.2) is 0 Å². The molecule has 132 valence electrons. The van der Waals surface area contributed by atoms with Crippen LogP contribution >= 0.6 is 0 Å². The van der Waals surface area contributed by atoms with Gasteiger partial charge in [-0.05, 0) is 81.0 Å². The van der Waals surface area contributed by atoms with Gasteiger partial charge in [-0.3, -0.25) is 0 Å². The van der Waals surface area contributed by atoms with Crippen LogP contribution in [-0.4, -0.2) is 17.5 Å². The molecular formula is C21H36O2. The van der Waals surface area contributed by atoms with Crippen molar-refractivity contribution in [3.05, 3.63) is 0 Å². The largest absolute Gasteiger partial charge is 0.368 e. The van der Waals surface area contributed by atoms with Crippen LogP contribution in [0.3, 0.4) is 0 Å². The highest BCUT2D eigenvalue weighted by Gasteiger charge is 2.45. The Morgan fingerprint density at radius 3 is 2.00 bits per heavy atom. The molecule has 0 aromatic rings. The number of aliphatic hydroxyl groups is 1. The van der Waals surface area contributed by atoms with E-state index in [1.54, 1.807) is 6.42 Å². The summed E-state index contributed by atoms with van der Waals surface area (Å²) in [4.78, 5) is 0. The minimum atomic E-state index is -0.482. The van der Waals surface area contributed by atoms with Gasteiger partial charge in [0, 0.05) is 0 Å². The Morgan fingerprint density at radius 1 is 0.696 bits per heavy atom. The van der Waals surface area contributed by atoms with Crippen molar-refractivity contribution < 1.29 is 9.84 Å². The van der Waals surface area contributed by atoms with Gasteiger partial charge in [0.15, 0.2) is 6.29 Å². The maximum absolute atomic E-state index is 9.77. The van der Waals surface area contributed by atoms with Gasteiger partial charge >= 0.3 is 0 Å². The molecule has 1 N–H and O–H groups in total. The lowest BCUT2D eigenvalue weighted by Gasteiger charge is -2.52. The van der Waals surface area contributed by atoms with Gasteiger partial charge in [0.2, 0.25) is 0 Å². The van der Waals surface area contributed by atoms with Crippen molar-refractivity contribution in [1.82, 2.24) is 0 Å². The molecule has 1 saturated heterocycles. The maximum Gasteiger partial charge on any atom is 0.154 e. The van der Waals surface area contributed by atoms with Crippen LogP contribution in [0, 0.1) is 29.6 Å². The van der Waals surface area contributed by atoms with Crippen molar-refractivity contribution in [1.29, 1.82) is 0 Å². The molecule has 23 heavy (non-hydrogen) atoms. The lowest BCUT2D eigenvalue weighted by molar-refractivity contribution is -0.166. The van der Waals surface area contributed by atoms with Gasteiger partial charge in [-0.1, -0.05) is 38.5 Å². The van der Waals surface area contributed by atoms with Gasteiger partial charge in [0.25, 0.3) is 0 Å². The first-order chi connectivity index (χ1) is 11.3. The summed E-state index contributed by atoms with van der Waals surface area (Å²) in [5.41, 5.74) is 0. The lowest BCUT2D eigenvalue weighted by Crippen LogP contribution is -2.43. The molecule has 1 heterocycles. The molecule has 0 aromatic heterocycles. The second-order valence-corrected chi connectivity index (χ2v) is 9.04. The van der Waals surface area contributed by atoms with Gasteiger partial charge in [-0.2, -0.15) is 0 Å². The van der Waals surface area contributed by atoms with E-state index in [1.165, 1.54) is 70.6 Å². The van der Waals surface area contributed by atoms with Crippen LogP contribution in [0.1, 0.15) is 89.9 Å². The van der Waals surface area contributed by atoms with Gasteiger partial charge < -0.3 is 9.84 Å². The van der Waals surface area contributed by atoms with Gasteiger partial charge in [0.1, 0.15) is 0 Å². The van der Waals surface area contributed by atoms with Crippen LogP contribution in [0.15, 0.2) is 0 Å². The highest BCUT2D eigenvalue weighted by Crippen LogP contribution is 2.54. The standard InChI is InChI=1S/C21H36O2/c22-21-11-5-8-17(23-21)12-13-20-18-9-3-1-6-15(18)14-16-7-2-4-10-19(16)20/h15-22H,1-14H2/t15?,16?,17-,18?,19?,20?,21?/m0/s1. The summed E-state index contributed by atoms with van der Waals surface area (Å²) in [6, 6.07) is 0. The lowest BCUT2D eigenvalue weighted by atomic mass is 9.54. The molecule has 6 atom stereocenters. The van der Waals surface area contributed by atoms with E-state index >= 15 is 0 Å². The molecule has 4 fully saturated rings. The fourth-order valence-electron chi connectivity index (χ4n) is 6.79. The summed E-state index contributed by atoms with van der Waals surface area (Å²) in [7, 11) is 0. The van der Waals surface area contributed by atoms with E-state index in [9.17, 15) is 5.11 Å². The molecular weight excluding hydrogens is 284 g/mol. The molecule has 0 bridgehead atoms. The third-order valence-electron chi connectivity index (χ3n) is 7.79. The number of aliphatic hydroxyl groups excluding tert-OH is 1. The van der Waals surface area contributed by atoms with Crippen molar-refractivity contribution in [2.45, 2.75) is 102 Å². The number of hydrogen-bond donors (Lipinski definition) is 1. The Kier molecular flexibility index (Phi) is 5.30. The van der Waals surface area contributed by atoms with Crippen LogP contribution in [0.4, 0.5) is 0 Å². The summed E-state index contributed by atoms with van der Waals surface area (Å²) in [5, 5.41) is 9.77. The number of rotatable bonds is 3. The van der Waals surface area contributed by atoms with E-state index in [4.69, 9.17) is 4.74 Å². The van der Waals surface area contributed by atoms with E-state index in [2.05, 4.69) is 0 Å². The van der Waals surface area contributed by atoms with E-state index in [0.29, 0.717) is 6.10 Å². The fraction of sp³-hybridized carbons (Fsp3) is 1.00. The summed E-state index contributed by atoms with van der Waals surface area (Å²) >= 11 is 0. The van der Waals surface area contributed by atoms with Crippen molar-refractivity contribution in [2.75, 3.05) is 0 Å². The Bertz CT molecular complexity index is 360. The molecule has 3 saturated carbocycles. The predicted octanol–water partition coefficient (Wildman–Crippen LogP) is 5.29. The first-order valence-electron chi connectivity index (χ1n) is 10.6. The zero-order valence-corrected chi connectivity index (χ0v) is 14.8. The molecule has 2 nitrogen and oxygen atoms in total. The first-order valence-corrected chi connectivity index (χ1v) is 10.6. The highest BCUT2D eigenvalue weighted by molar-refractivity contribution is 4.95. The number of hydrogen-bond acceptors (Lipinski definition) is 2. The molecule has 4 aliphatic rings. The Balaban J connectivity index is 1.41. The minimum absolute atomic E-state index is 0.338. The van der Waals surface area contributed by atoms with Crippen LogP contribution in [0.25, 0.3) is 0 Å². The quantitative estimate of drug-likeness (QED) is 0.766. The molecule has 2 heteroatoms. The Hall–Kier alpha value is -0.0800. The number of fused-ring (bicyclic) bond motifs is 2. The Labute approximate surface area is 142 Å². The van der Waals surface area contributed by atoms with Gasteiger partial charge in [-0.15, -0.1) is 0 Å². The van der Waals surface area contributed by atoms with Gasteiger partial charge in [0.05, 0.1) is 6.10 Å². The predicted molar refractivity (Wildman–Crippen MR) is 93.0 cm³/mol. The third kappa shape index (κ3) is 3.63. The average Bonchev–Trinajstić information content (AvgIpc) is 2.58. The van der Waals surface area contributed by atoms with Crippen LogP contribution in [-0.2, 0) is 4.74 Å². The van der Waals surface area contributed by atoms with Crippen molar-refractivity contribution in [3.8, 4) is 0 Å². The Morgan fingerprint density at radius 2 is 1.35 bits per heavy atom. The molecule has 5 unspecified atom stereocenters. The molecule has 0 radical (unpaired) electrons. The topological polar surface area (TPSA) is 29.5 Å². The molecule has 3 aliphatic carbocycles. The van der Waals surface area contributed by atoms with E-state index < -0.39 is 6.29 Å². The second kappa shape index (κ2) is 7.44. The molecule has 0 aromatic carbocycles. The highest BCUT2D eigenvalue weighted by atomic mass is 16.6. The van der Waals surface area contributed by atoms with E-state index in [-0.39, 0.29) is 0 Å². The molecule has 1 aliphatic heterocycles. The summed E-state index contributed by atoms with van der Waals surface area (Å²) in [6.45, 7) is 0. The molecule has 0 spiro atoms. The normalized spacial score (nSPS) is 47.6. The average molecular weight is 321 g/mol. The zero-order chi connectivity index (χ0) is 15.6. The molecule has 4 rings (SSSR count). The molecule has 0 amide bonds. The summed E-state index contributed by atoms with van der Waals surface area (Å²) in [6.07, 6.45) is 19.1. The monoisotopic (exact) mass is 320 g/mol. The van der Waals surface area contributed by atoms with Crippen LogP contribution in [0.5, 0.6) is 0 Å². The first kappa shape index (κ1) is 16.4. The zero-order valence-electron chi connectivity index (χ0n) is 14.8. The van der Waals surface area contributed by atoms with E-state index in [1.807, 2.05) is 0 Å². The summed E-state index contributed by atoms with van der Waals surface area (Å²) in [5.74, 6) is 5.12. The SMILES string of the molecule is OC1CCC[C@@H](CCC2C3CCCCC3CC3CCCCC32)O1. The maximum atomic E-state index is 9.77. The van der Waals surface area contributed by atoms with Crippen LogP contribution < -0.4 is 0 Å². The third-order valence-corrected chi connectivity index (χ3v) is 7.79. The van der Waals surface area contributed by atoms with Crippen molar-refractivity contribution >= 4 is 0 Å². The number of ether oxygens (including phenoxy) is 1. The van der Waals surface area contributed by atoms with Crippen LogP contribution in [0.2, 0.25) is 0 Å².